The van der Waals surface area contributed by atoms with E-state index in [1.165, 1.54) is 36.5 Å². The third-order valence-electron chi connectivity index (χ3n) is 5.63. The smallest absolute Gasteiger partial charge is 0.00237 e. The zero-order valence-corrected chi connectivity index (χ0v) is 14.3. The maximum Gasteiger partial charge on any atom is 0.00237 e. The predicted molar refractivity (Wildman–Crippen MR) is 89.3 cm³/mol. The van der Waals surface area contributed by atoms with Gasteiger partial charge in [-0.15, -0.1) is 0 Å². The van der Waals surface area contributed by atoms with Crippen LogP contribution in [-0.2, 0) is 0 Å². The van der Waals surface area contributed by atoms with Crippen LogP contribution in [0.3, 0.4) is 0 Å². The molecule has 0 bridgehead atoms. The van der Waals surface area contributed by atoms with Gasteiger partial charge in [0.05, 0.1) is 0 Å². The van der Waals surface area contributed by atoms with E-state index in [2.05, 4.69) is 29.5 Å². The SMILES string of the molecule is CCCCC1CCC(C2CCC(CI)CC2)CC1. The largest absolute Gasteiger partial charge is 0.0861 e. The molecule has 0 amide bonds. The van der Waals surface area contributed by atoms with Crippen molar-refractivity contribution in [2.24, 2.45) is 23.7 Å². The highest BCUT2D eigenvalue weighted by atomic mass is 127. The molecule has 2 fully saturated rings. The van der Waals surface area contributed by atoms with Gasteiger partial charge in [-0.2, -0.15) is 0 Å². The second kappa shape index (κ2) is 8.11. The van der Waals surface area contributed by atoms with Gasteiger partial charge in [-0.05, 0) is 62.2 Å². The van der Waals surface area contributed by atoms with Crippen LogP contribution in [0.1, 0.15) is 77.6 Å². The zero-order valence-electron chi connectivity index (χ0n) is 12.2. The van der Waals surface area contributed by atoms with Crippen molar-refractivity contribution >= 4 is 22.6 Å². The Balaban J connectivity index is 1.67. The van der Waals surface area contributed by atoms with Crippen LogP contribution < -0.4 is 0 Å². The van der Waals surface area contributed by atoms with Crippen LogP contribution >= 0.6 is 22.6 Å². The second-order valence-electron chi connectivity index (χ2n) is 6.86. The van der Waals surface area contributed by atoms with E-state index in [-0.39, 0.29) is 0 Å². The molecule has 0 spiro atoms. The summed E-state index contributed by atoms with van der Waals surface area (Å²) in [5.74, 6) is 4.36. The molecule has 0 aromatic heterocycles. The molecule has 0 saturated heterocycles. The lowest BCUT2D eigenvalue weighted by atomic mass is 9.69. The highest BCUT2D eigenvalue weighted by Gasteiger charge is 2.30. The molecule has 0 atom stereocenters. The van der Waals surface area contributed by atoms with Gasteiger partial charge in [0.25, 0.3) is 0 Å². The maximum absolute atomic E-state index is 2.58. The number of halogens is 1. The number of alkyl halides is 1. The molecule has 0 unspecified atom stereocenters. The van der Waals surface area contributed by atoms with E-state index in [1.807, 2.05) is 0 Å². The standard InChI is InChI=1S/C17H31I/c1-2-3-4-14-5-9-16(10-6-14)17-11-7-15(13-18)8-12-17/h14-17H,2-13H2,1H3. The summed E-state index contributed by atoms with van der Waals surface area (Å²) >= 11 is 2.58. The van der Waals surface area contributed by atoms with Crippen LogP contribution in [0.5, 0.6) is 0 Å². The van der Waals surface area contributed by atoms with Gasteiger partial charge in [0, 0.05) is 4.43 Å². The Bertz CT molecular complexity index is 210. The topological polar surface area (TPSA) is 0 Å². The van der Waals surface area contributed by atoms with Gasteiger partial charge >= 0.3 is 0 Å². The number of hydrogen-bond acceptors (Lipinski definition) is 0. The Labute approximate surface area is 128 Å². The lowest BCUT2D eigenvalue weighted by Crippen LogP contribution is -2.26. The Morgan fingerprint density at radius 1 is 0.778 bits per heavy atom. The Morgan fingerprint density at radius 2 is 1.28 bits per heavy atom. The van der Waals surface area contributed by atoms with Crippen molar-refractivity contribution in [1.82, 2.24) is 0 Å². The quantitative estimate of drug-likeness (QED) is 0.402. The molecule has 0 heterocycles. The number of hydrogen-bond donors (Lipinski definition) is 0. The Kier molecular flexibility index (Phi) is 6.82. The molecule has 2 saturated carbocycles. The summed E-state index contributed by atoms with van der Waals surface area (Å²) in [7, 11) is 0. The third-order valence-corrected chi connectivity index (χ3v) is 6.88. The maximum atomic E-state index is 2.58. The minimum atomic E-state index is 1.06. The molecule has 2 aliphatic carbocycles. The summed E-state index contributed by atoms with van der Waals surface area (Å²) in [6.45, 7) is 2.33. The number of unbranched alkanes of at least 4 members (excludes halogenated alkanes) is 1. The summed E-state index contributed by atoms with van der Waals surface area (Å²) in [6, 6.07) is 0. The minimum absolute atomic E-state index is 1.06. The first-order valence-electron chi connectivity index (χ1n) is 8.39. The molecule has 0 aromatic carbocycles. The van der Waals surface area contributed by atoms with Crippen LogP contribution in [0.25, 0.3) is 0 Å². The van der Waals surface area contributed by atoms with Crippen molar-refractivity contribution in [3.05, 3.63) is 0 Å². The van der Waals surface area contributed by atoms with Crippen LogP contribution in [0.2, 0.25) is 0 Å². The first-order valence-corrected chi connectivity index (χ1v) is 9.92. The molecule has 0 N–H and O–H groups in total. The summed E-state index contributed by atoms with van der Waals surface area (Å²) in [5.41, 5.74) is 0. The van der Waals surface area contributed by atoms with Gasteiger partial charge in [-0.1, -0.05) is 61.6 Å². The molecular weight excluding hydrogens is 331 g/mol. The van der Waals surface area contributed by atoms with Crippen molar-refractivity contribution in [2.45, 2.75) is 77.6 Å². The van der Waals surface area contributed by atoms with Crippen LogP contribution in [0, 0.1) is 23.7 Å². The van der Waals surface area contributed by atoms with Crippen LogP contribution in [0.15, 0.2) is 0 Å². The lowest BCUT2D eigenvalue weighted by molar-refractivity contribution is 0.148. The molecule has 0 radical (unpaired) electrons. The molecule has 0 nitrogen and oxygen atoms in total. The van der Waals surface area contributed by atoms with E-state index in [0.29, 0.717) is 0 Å². The fraction of sp³-hybridized carbons (Fsp3) is 1.00. The van der Waals surface area contributed by atoms with Gasteiger partial charge in [0.1, 0.15) is 0 Å². The van der Waals surface area contributed by atoms with Gasteiger partial charge in [-0.25, -0.2) is 0 Å². The van der Waals surface area contributed by atoms with E-state index >= 15 is 0 Å². The molecule has 106 valence electrons. The second-order valence-corrected chi connectivity index (χ2v) is 7.74. The van der Waals surface area contributed by atoms with Gasteiger partial charge in [-0.3, -0.25) is 0 Å². The van der Waals surface area contributed by atoms with Crippen molar-refractivity contribution < 1.29 is 0 Å². The van der Waals surface area contributed by atoms with Gasteiger partial charge in [0.2, 0.25) is 0 Å². The Hall–Kier alpha value is 0.730. The lowest BCUT2D eigenvalue weighted by Gasteiger charge is -2.37. The van der Waals surface area contributed by atoms with Crippen LogP contribution in [0.4, 0.5) is 0 Å². The monoisotopic (exact) mass is 362 g/mol. The van der Waals surface area contributed by atoms with Gasteiger partial charge < -0.3 is 0 Å². The first kappa shape index (κ1) is 15.1. The van der Waals surface area contributed by atoms with E-state index < -0.39 is 0 Å². The normalized spacial score (nSPS) is 37.7. The van der Waals surface area contributed by atoms with Gasteiger partial charge in [0.15, 0.2) is 0 Å². The highest BCUT2D eigenvalue weighted by molar-refractivity contribution is 14.1. The molecule has 0 aromatic rings. The Morgan fingerprint density at radius 3 is 1.72 bits per heavy atom. The van der Waals surface area contributed by atoms with Crippen molar-refractivity contribution in [3.8, 4) is 0 Å². The highest BCUT2D eigenvalue weighted by Crippen LogP contribution is 2.42. The molecular formula is C17H31I. The predicted octanol–water partition coefficient (Wildman–Crippen LogP) is 6.22. The molecule has 0 aliphatic heterocycles. The third kappa shape index (κ3) is 4.38. The summed E-state index contributed by atoms with van der Waals surface area (Å²) in [6.07, 6.45) is 16.8. The van der Waals surface area contributed by atoms with Crippen molar-refractivity contribution in [1.29, 1.82) is 0 Å². The first-order chi connectivity index (χ1) is 8.83. The van der Waals surface area contributed by atoms with Crippen molar-refractivity contribution in [2.75, 3.05) is 4.43 Å². The molecule has 18 heavy (non-hydrogen) atoms. The summed E-state index contributed by atoms with van der Waals surface area (Å²) < 4.78 is 1.40. The van der Waals surface area contributed by atoms with Crippen LogP contribution in [-0.4, -0.2) is 4.43 Å². The van der Waals surface area contributed by atoms with E-state index in [4.69, 9.17) is 0 Å². The average molecular weight is 362 g/mol. The minimum Gasteiger partial charge on any atom is -0.0861 e. The van der Waals surface area contributed by atoms with E-state index in [0.717, 1.165) is 23.7 Å². The fourth-order valence-corrected chi connectivity index (χ4v) is 5.14. The van der Waals surface area contributed by atoms with E-state index in [9.17, 15) is 0 Å². The summed E-state index contributed by atoms with van der Waals surface area (Å²) in [4.78, 5) is 0. The summed E-state index contributed by atoms with van der Waals surface area (Å²) in [5, 5.41) is 0. The average Bonchev–Trinajstić information content (AvgIpc) is 2.46. The van der Waals surface area contributed by atoms with E-state index in [1.54, 1.807) is 38.5 Å². The zero-order chi connectivity index (χ0) is 12.8. The molecule has 2 rings (SSSR count). The van der Waals surface area contributed by atoms with Crippen molar-refractivity contribution in [3.63, 3.8) is 0 Å². The number of rotatable bonds is 5. The fourth-order valence-electron chi connectivity index (χ4n) is 4.26. The molecule has 2 aliphatic rings. The molecule has 1 heteroatoms.